The Bertz CT molecular complexity index is 723. The van der Waals surface area contributed by atoms with Crippen LogP contribution in [-0.4, -0.2) is 35.2 Å². The van der Waals surface area contributed by atoms with Gasteiger partial charge in [-0.2, -0.15) is 0 Å². The summed E-state index contributed by atoms with van der Waals surface area (Å²) in [6, 6.07) is 14.8. The van der Waals surface area contributed by atoms with Gasteiger partial charge in [0.1, 0.15) is 6.04 Å². The predicted molar refractivity (Wildman–Crippen MR) is 109 cm³/mol. The summed E-state index contributed by atoms with van der Waals surface area (Å²) in [6.45, 7) is 0. The number of urea groups is 1. The third-order valence-electron chi connectivity index (χ3n) is 3.31. The molecule has 0 fully saturated rings. The van der Waals surface area contributed by atoms with Gasteiger partial charge in [0, 0.05) is 7.05 Å². The highest BCUT2D eigenvalue weighted by Crippen LogP contribution is 2.12. The molecule has 6 N–H and O–H groups in total. The van der Waals surface area contributed by atoms with Gasteiger partial charge in [-0.05, 0) is 11.1 Å². The summed E-state index contributed by atoms with van der Waals surface area (Å²) in [7, 11) is 1.43. The lowest BCUT2D eigenvalue weighted by Gasteiger charge is -2.14. The molecule has 2 atom stereocenters. The van der Waals surface area contributed by atoms with Gasteiger partial charge >= 0.3 is 18.0 Å². The zero-order valence-corrected chi connectivity index (χ0v) is 14.1. The Hall–Kier alpha value is -3.39. The number of hydrogen-bond donors (Lipinski definition) is 5. The highest BCUT2D eigenvalue weighted by molar-refractivity contribution is 5.83. The molecule has 0 aliphatic carbocycles. The Balaban J connectivity index is 0. The number of benzene rings is 2. The highest BCUT2D eigenvalue weighted by atomic mass is 16.4. The van der Waals surface area contributed by atoms with Crippen LogP contribution in [-0.2, 0) is 9.59 Å². The van der Waals surface area contributed by atoms with Crippen LogP contribution >= 0.6 is 0 Å². The Morgan fingerprint density at radius 2 is 1.25 bits per heavy atom. The fourth-order valence-corrected chi connectivity index (χ4v) is 1.94. The van der Waals surface area contributed by atoms with Crippen LogP contribution in [0.4, 0.5) is 4.79 Å². The van der Waals surface area contributed by atoms with Crippen molar-refractivity contribution in [3.8, 4) is 0 Å². The first-order valence-corrected chi connectivity index (χ1v) is 7.66. The van der Waals surface area contributed by atoms with E-state index in [-0.39, 0.29) is 14.9 Å². The van der Waals surface area contributed by atoms with E-state index in [0.29, 0.717) is 11.1 Å². The van der Waals surface area contributed by atoms with Crippen molar-refractivity contribution in [1.29, 1.82) is 0 Å². The third kappa shape index (κ3) is 8.81. The van der Waals surface area contributed by atoms with Gasteiger partial charge < -0.3 is 26.6 Å². The van der Waals surface area contributed by atoms with Crippen molar-refractivity contribution in [2.24, 2.45) is 5.73 Å². The van der Waals surface area contributed by atoms with Crippen molar-refractivity contribution in [1.82, 2.24) is 10.6 Å². The number of rotatable bonds is 5. The molecule has 2 rings (SSSR count). The Kier molecular flexibility index (Phi) is 13.2. The van der Waals surface area contributed by atoms with Crippen molar-refractivity contribution >= 4 is 18.0 Å². The highest BCUT2D eigenvalue weighted by Gasteiger charge is 2.20. The molecule has 154 valence electrons. The largest absolute Gasteiger partial charge is 0.480 e. The van der Waals surface area contributed by atoms with Crippen LogP contribution in [0.5, 0.6) is 0 Å². The fraction of sp³-hybridized carbons (Fsp3) is 0.250. The van der Waals surface area contributed by atoms with E-state index in [2.05, 4.69) is 10.6 Å². The Morgan fingerprint density at radius 1 is 0.821 bits per heavy atom. The molecule has 0 bridgehead atoms. The van der Waals surface area contributed by atoms with Crippen LogP contribution in [0.1, 0.15) is 38.1 Å². The first-order chi connectivity index (χ1) is 12.4. The van der Waals surface area contributed by atoms with E-state index in [4.69, 9.17) is 15.9 Å². The number of carbonyl (C=O) groups excluding carboxylic acids is 1. The number of aliphatic carboxylic acids is 2. The van der Waals surface area contributed by atoms with Gasteiger partial charge in [0.15, 0.2) is 6.04 Å². The van der Waals surface area contributed by atoms with Gasteiger partial charge in [-0.1, -0.05) is 75.5 Å². The maximum atomic E-state index is 11.0. The van der Waals surface area contributed by atoms with Gasteiger partial charge in [0.05, 0.1) is 0 Å². The van der Waals surface area contributed by atoms with Gasteiger partial charge in [-0.15, -0.1) is 0 Å². The van der Waals surface area contributed by atoms with E-state index in [9.17, 15) is 14.4 Å². The maximum absolute atomic E-state index is 11.0. The maximum Gasteiger partial charge on any atom is 0.330 e. The van der Waals surface area contributed by atoms with E-state index < -0.39 is 30.1 Å². The molecule has 0 aliphatic heterocycles. The molecular formula is C20H29N3O5. The zero-order valence-electron chi connectivity index (χ0n) is 14.1. The number of carboxylic acid groups (broad SMARTS) is 2. The summed E-state index contributed by atoms with van der Waals surface area (Å²) in [5.41, 5.74) is 6.50. The number of amides is 2. The molecule has 28 heavy (non-hydrogen) atoms. The summed E-state index contributed by atoms with van der Waals surface area (Å²) in [5, 5.41) is 22.1. The van der Waals surface area contributed by atoms with Gasteiger partial charge in [-0.3, -0.25) is 4.79 Å². The Morgan fingerprint density at radius 3 is 1.61 bits per heavy atom. The summed E-state index contributed by atoms with van der Waals surface area (Å²) in [5.74, 6) is -2.10. The number of hydrogen-bond acceptors (Lipinski definition) is 4. The molecule has 2 aromatic carbocycles. The molecular weight excluding hydrogens is 362 g/mol. The van der Waals surface area contributed by atoms with Gasteiger partial charge in [0.25, 0.3) is 0 Å². The second kappa shape index (κ2) is 13.8. The Labute approximate surface area is 165 Å². The lowest BCUT2D eigenvalue weighted by Crippen LogP contribution is -2.39. The van der Waals surface area contributed by atoms with Crippen LogP contribution in [0, 0.1) is 0 Å². The molecule has 0 spiro atoms. The average Bonchev–Trinajstić information content (AvgIpc) is 2.66. The molecule has 0 unspecified atom stereocenters. The lowest BCUT2D eigenvalue weighted by molar-refractivity contribution is -0.140. The molecule has 0 radical (unpaired) electrons. The van der Waals surface area contributed by atoms with Gasteiger partial charge in [0.2, 0.25) is 0 Å². The summed E-state index contributed by atoms with van der Waals surface area (Å²) in [6.07, 6.45) is 0. The van der Waals surface area contributed by atoms with E-state index >= 15 is 0 Å². The molecule has 8 heteroatoms. The second-order valence-electron chi connectivity index (χ2n) is 5.13. The lowest BCUT2D eigenvalue weighted by atomic mass is 10.1. The first kappa shape index (κ1) is 26.8. The van der Waals surface area contributed by atoms with Gasteiger partial charge in [-0.25, -0.2) is 9.59 Å². The minimum atomic E-state index is -1.09. The summed E-state index contributed by atoms with van der Waals surface area (Å²) < 4.78 is 0. The SMILES string of the molecule is C.C.CNC(=O)N[C@@H](C(=O)O)c1ccccc1.N[C@@H](C(=O)O)c1ccccc1. The normalized spacial score (nSPS) is 11.1. The molecule has 0 heterocycles. The van der Waals surface area contributed by atoms with E-state index in [1.807, 2.05) is 6.07 Å². The third-order valence-corrected chi connectivity index (χ3v) is 3.31. The standard InChI is InChI=1S/C10H12N2O3.C8H9NO2.2CH4/c1-11-10(15)12-8(9(13)14)7-5-3-2-4-6-7;9-7(8(10)11)6-4-2-1-3-5-6;;/h2-6,8H,1H3,(H,13,14)(H2,11,12,15);1-5,7H,9H2,(H,10,11);2*1H4/t8-;7-;;/m11../s1. The zero-order chi connectivity index (χ0) is 19.5. The van der Waals surface area contributed by atoms with Crippen LogP contribution in [0.2, 0.25) is 0 Å². The van der Waals surface area contributed by atoms with E-state index in [0.717, 1.165) is 0 Å². The van der Waals surface area contributed by atoms with E-state index in [1.54, 1.807) is 54.6 Å². The fourth-order valence-electron chi connectivity index (χ4n) is 1.94. The monoisotopic (exact) mass is 391 g/mol. The average molecular weight is 391 g/mol. The van der Waals surface area contributed by atoms with Crippen molar-refractivity contribution in [3.63, 3.8) is 0 Å². The van der Waals surface area contributed by atoms with Crippen molar-refractivity contribution in [2.75, 3.05) is 7.05 Å². The van der Waals surface area contributed by atoms with Crippen LogP contribution < -0.4 is 16.4 Å². The summed E-state index contributed by atoms with van der Waals surface area (Å²) >= 11 is 0. The minimum Gasteiger partial charge on any atom is -0.480 e. The molecule has 0 saturated heterocycles. The first-order valence-electron chi connectivity index (χ1n) is 7.66. The number of nitrogens with two attached hydrogens (primary N) is 1. The molecule has 2 amide bonds. The quantitative estimate of drug-likeness (QED) is 0.530. The van der Waals surface area contributed by atoms with Crippen LogP contribution in [0.25, 0.3) is 0 Å². The second-order valence-corrected chi connectivity index (χ2v) is 5.13. The molecule has 0 aromatic heterocycles. The van der Waals surface area contributed by atoms with Crippen LogP contribution in [0.3, 0.4) is 0 Å². The molecule has 0 aliphatic rings. The van der Waals surface area contributed by atoms with Crippen LogP contribution in [0.15, 0.2) is 60.7 Å². The van der Waals surface area contributed by atoms with Crippen molar-refractivity contribution < 1.29 is 24.6 Å². The number of nitrogens with one attached hydrogen (secondary N) is 2. The molecule has 8 nitrogen and oxygen atoms in total. The van der Waals surface area contributed by atoms with E-state index in [1.165, 1.54) is 7.05 Å². The summed E-state index contributed by atoms with van der Waals surface area (Å²) in [4.78, 5) is 32.3. The topological polar surface area (TPSA) is 142 Å². The molecule has 0 saturated carbocycles. The smallest absolute Gasteiger partial charge is 0.330 e. The van der Waals surface area contributed by atoms with Crippen molar-refractivity contribution in [2.45, 2.75) is 26.9 Å². The molecule has 2 aromatic rings. The van der Waals surface area contributed by atoms with Crippen molar-refractivity contribution in [3.05, 3.63) is 71.8 Å². The predicted octanol–water partition coefficient (Wildman–Crippen LogP) is 2.78. The number of carboxylic acids is 2. The number of carbonyl (C=O) groups is 3. The minimum absolute atomic E-state index is 0.